The van der Waals surface area contributed by atoms with Crippen LogP contribution in [0.25, 0.3) is 0 Å². The molecule has 0 radical (unpaired) electrons. The number of piperidine rings is 1. The molecule has 2 amide bonds. The van der Waals surface area contributed by atoms with E-state index in [2.05, 4.69) is 27.3 Å². The van der Waals surface area contributed by atoms with E-state index in [-0.39, 0.29) is 17.9 Å². The predicted molar refractivity (Wildman–Crippen MR) is 110 cm³/mol. The minimum absolute atomic E-state index is 0.0635. The SMILES string of the molecule is CC(=O)Nc1ccc2c(c1)C[C@H]1[C@@H]2CCCN1C(=O)c1ccc2c(c1)N=CC2. The highest BCUT2D eigenvalue weighted by molar-refractivity contribution is 5.96. The molecule has 1 aliphatic carbocycles. The zero-order valence-electron chi connectivity index (χ0n) is 15.9. The predicted octanol–water partition coefficient (Wildman–Crippen LogP) is 3.85. The van der Waals surface area contributed by atoms with Crippen LogP contribution in [0.2, 0.25) is 0 Å². The van der Waals surface area contributed by atoms with E-state index in [9.17, 15) is 9.59 Å². The molecular formula is C23H23N3O2. The lowest BCUT2D eigenvalue weighted by Crippen LogP contribution is -2.46. The van der Waals surface area contributed by atoms with E-state index in [1.54, 1.807) is 0 Å². The van der Waals surface area contributed by atoms with Gasteiger partial charge in [-0.3, -0.25) is 14.6 Å². The van der Waals surface area contributed by atoms with Gasteiger partial charge in [-0.1, -0.05) is 12.1 Å². The molecule has 2 aliphatic heterocycles. The van der Waals surface area contributed by atoms with Gasteiger partial charge >= 0.3 is 0 Å². The lowest BCUT2D eigenvalue weighted by atomic mass is 9.88. The molecule has 0 saturated carbocycles. The van der Waals surface area contributed by atoms with Gasteiger partial charge in [-0.15, -0.1) is 0 Å². The maximum absolute atomic E-state index is 13.3. The van der Waals surface area contributed by atoms with Gasteiger partial charge in [-0.05, 0) is 60.2 Å². The minimum atomic E-state index is -0.0635. The number of anilines is 1. The summed E-state index contributed by atoms with van der Waals surface area (Å²) >= 11 is 0. The van der Waals surface area contributed by atoms with E-state index in [0.717, 1.165) is 49.2 Å². The van der Waals surface area contributed by atoms with Crippen molar-refractivity contribution in [2.45, 2.75) is 44.6 Å². The summed E-state index contributed by atoms with van der Waals surface area (Å²) < 4.78 is 0. The lowest BCUT2D eigenvalue weighted by Gasteiger charge is -2.38. The Hall–Kier alpha value is -2.95. The number of hydrogen-bond acceptors (Lipinski definition) is 3. The topological polar surface area (TPSA) is 61.8 Å². The average Bonchev–Trinajstić information content (AvgIpc) is 3.29. The molecule has 3 aliphatic rings. The molecule has 5 rings (SSSR count). The van der Waals surface area contributed by atoms with Gasteiger partial charge in [0.1, 0.15) is 0 Å². The number of nitrogens with one attached hydrogen (secondary N) is 1. The standard InChI is InChI=1S/C23H23N3O2/c1-14(27)25-18-6-7-19-17(11-18)13-22-20(19)3-2-10-26(22)23(28)16-5-4-15-8-9-24-21(15)12-16/h4-7,9,11-12,20,22H,2-3,8,10,13H2,1H3,(H,25,27)/t20-,22+/m1/s1. The van der Waals surface area contributed by atoms with Crippen LogP contribution >= 0.6 is 0 Å². The number of carbonyl (C=O) groups excluding carboxylic acids is 2. The molecule has 5 nitrogen and oxygen atoms in total. The van der Waals surface area contributed by atoms with Crippen LogP contribution < -0.4 is 5.32 Å². The Morgan fingerprint density at radius 2 is 2.04 bits per heavy atom. The van der Waals surface area contributed by atoms with Crippen LogP contribution in [0.5, 0.6) is 0 Å². The van der Waals surface area contributed by atoms with Crippen LogP contribution in [0.1, 0.15) is 52.7 Å². The molecule has 28 heavy (non-hydrogen) atoms. The number of aliphatic imine (C=N–C) groups is 1. The number of amides is 2. The zero-order chi connectivity index (χ0) is 19.3. The second kappa shape index (κ2) is 6.59. The molecule has 0 unspecified atom stereocenters. The Bertz CT molecular complexity index is 1010. The summed E-state index contributed by atoms with van der Waals surface area (Å²) in [6.45, 7) is 2.32. The monoisotopic (exact) mass is 373 g/mol. The van der Waals surface area contributed by atoms with Crippen molar-refractivity contribution in [3.8, 4) is 0 Å². The fraction of sp³-hybridized carbons (Fsp3) is 0.348. The molecule has 2 atom stereocenters. The summed E-state index contributed by atoms with van der Waals surface area (Å²) in [5.74, 6) is 0.424. The van der Waals surface area contributed by atoms with E-state index >= 15 is 0 Å². The number of hydrogen-bond donors (Lipinski definition) is 1. The van der Waals surface area contributed by atoms with Crippen molar-refractivity contribution >= 4 is 29.4 Å². The Morgan fingerprint density at radius 3 is 2.89 bits per heavy atom. The summed E-state index contributed by atoms with van der Waals surface area (Å²) in [7, 11) is 0. The van der Waals surface area contributed by atoms with E-state index in [1.807, 2.05) is 30.5 Å². The van der Waals surface area contributed by atoms with Crippen molar-refractivity contribution < 1.29 is 9.59 Å². The quantitative estimate of drug-likeness (QED) is 0.869. The lowest BCUT2D eigenvalue weighted by molar-refractivity contribution is -0.114. The molecule has 2 aromatic carbocycles. The van der Waals surface area contributed by atoms with E-state index < -0.39 is 0 Å². The first-order chi connectivity index (χ1) is 13.6. The van der Waals surface area contributed by atoms with Gasteiger partial charge in [0.25, 0.3) is 5.91 Å². The molecule has 5 heteroatoms. The number of nitrogens with zero attached hydrogens (tertiary/aromatic N) is 2. The van der Waals surface area contributed by atoms with Gasteiger partial charge in [-0.25, -0.2) is 0 Å². The Morgan fingerprint density at radius 1 is 1.14 bits per heavy atom. The first-order valence-corrected chi connectivity index (χ1v) is 9.97. The van der Waals surface area contributed by atoms with Crippen molar-refractivity contribution in [3.05, 3.63) is 58.7 Å². The van der Waals surface area contributed by atoms with Gasteiger partial charge in [0, 0.05) is 49.3 Å². The fourth-order valence-electron chi connectivity index (χ4n) is 4.97. The number of likely N-dealkylation sites (tertiary alicyclic amines) is 1. The van der Waals surface area contributed by atoms with Gasteiger partial charge in [0.2, 0.25) is 5.91 Å². The van der Waals surface area contributed by atoms with E-state index in [1.165, 1.54) is 23.6 Å². The Labute approximate surface area is 164 Å². The molecule has 1 saturated heterocycles. The third kappa shape index (κ3) is 2.82. The first-order valence-electron chi connectivity index (χ1n) is 9.97. The Balaban J connectivity index is 1.42. The van der Waals surface area contributed by atoms with Crippen LogP contribution in [-0.2, 0) is 17.6 Å². The average molecular weight is 373 g/mol. The van der Waals surface area contributed by atoms with Crippen LogP contribution in [0.4, 0.5) is 11.4 Å². The summed E-state index contributed by atoms with van der Waals surface area (Å²) in [6, 6.07) is 12.3. The molecule has 2 aromatic rings. The third-order valence-electron chi connectivity index (χ3n) is 6.21. The number of benzene rings is 2. The van der Waals surface area contributed by atoms with Gasteiger partial charge in [0.05, 0.1) is 5.69 Å². The second-order valence-electron chi connectivity index (χ2n) is 7.97. The van der Waals surface area contributed by atoms with Crippen LogP contribution in [0, 0.1) is 0 Å². The van der Waals surface area contributed by atoms with Crippen LogP contribution in [0.15, 0.2) is 41.4 Å². The van der Waals surface area contributed by atoms with Crippen molar-refractivity contribution in [1.82, 2.24) is 4.90 Å². The molecule has 1 fully saturated rings. The van der Waals surface area contributed by atoms with Gasteiger partial charge in [0.15, 0.2) is 0 Å². The largest absolute Gasteiger partial charge is 0.335 e. The molecule has 0 spiro atoms. The number of rotatable bonds is 2. The number of fused-ring (bicyclic) bond motifs is 4. The summed E-state index contributed by atoms with van der Waals surface area (Å²) in [6.07, 6.45) is 5.72. The molecule has 1 N–H and O–H groups in total. The van der Waals surface area contributed by atoms with Crippen molar-refractivity contribution in [3.63, 3.8) is 0 Å². The number of carbonyl (C=O) groups is 2. The fourth-order valence-corrected chi connectivity index (χ4v) is 4.97. The highest BCUT2D eigenvalue weighted by Gasteiger charge is 2.41. The maximum Gasteiger partial charge on any atom is 0.254 e. The normalized spacial score (nSPS) is 21.8. The van der Waals surface area contributed by atoms with Crippen LogP contribution in [0.3, 0.4) is 0 Å². The minimum Gasteiger partial charge on any atom is -0.335 e. The van der Waals surface area contributed by atoms with Crippen molar-refractivity contribution in [2.75, 3.05) is 11.9 Å². The van der Waals surface area contributed by atoms with Crippen molar-refractivity contribution in [1.29, 1.82) is 0 Å². The summed E-state index contributed by atoms with van der Waals surface area (Å²) in [5, 5.41) is 2.87. The maximum atomic E-state index is 13.3. The molecule has 142 valence electrons. The first kappa shape index (κ1) is 17.2. The van der Waals surface area contributed by atoms with Gasteiger partial charge < -0.3 is 10.2 Å². The smallest absolute Gasteiger partial charge is 0.254 e. The molecule has 2 heterocycles. The molecule has 0 aromatic heterocycles. The van der Waals surface area contributed by atoms with Crippen molar-refractivity contribution in [2.24, 2.45) is 4.99 Å². The molecule has 0 bridgehead atoms. The summed E-state index contributed by atoms with van der Waals surface area (Å²) in [5.41, 5.74) is 6.25. The summed E-state index contributed by atoms with van der Waals surface area (Å²) in [4.78, 5) is 31.1. The van der Waals surface area contributed by atoms with Crippen LogP contribution in [-0.4, -0.2) is 35.5 Å². The Kier molecular flexibility index (Phi) is 4.04. The zero-order valence-corrected chi connectivity index (χ0v) is 15.9. The highest BCUT2D eigenvalue weighted by atomic mass is 16.2. The third-order valence-corrected chi connectivity index (χ3v) is 6.21. The second-order valence-corrected chi connectivity index (χ2v) is 7.97. The molecular weight excluding hydrogens is 350 g/mol. The highest BCUT2D eigenvalue weighted by Crippen LogP contribution is 2.43. The van der Waals surface area contributed by atoms with Gasteiger partial charge in [-0.2, -0.15) is 0 Å². The van der Waals surface area contributed by atoms with E-state index in [0.29, 0.717) is 5.92 Å². The van der Waals surface area contributed by atoms with E-state index in [4.69, 9.17) is 0 Å².